The summed E-state index contributed by atoms with van der Waals surface area (Å²) in [5, 5.41) is 3.76. The van der Waals surface area contributed by atoms with Crippen LogP contribution in [0.1, 0.15) is 6.92 Å². The smallest absolute Gasteiger partial charge is 0.126 e. The van der Waals surface area contributed by atoms with E-state index in [0.29, 0.717) is 10.9 Å². The summed E-state index contributed by atoms with van der Waals surface area (Å²) in [7, 11) is 0. The minimum atomic E-state index is 0.223. The zero-order valence-corrected chi connectivity index (χ0v) is 8.23. The van der Waals surface area contributed by atoms with E-state index in [9.17, 15) is 0 Å². The molecule has 0 saturated heterocycles. The first-order valence-corrected chi connectivity index (χ1v) is 4.57. The maximum atomic E-state index is 5.67. The number of halogens is 2. The van der Waals surface area contributed by atoms with Crippen molar-refractivity contribution in [2.75, 3.05) is 11.2 Å². The van der Waals surface area contributed by atoms with Crippen molar-refractivity contribution in [3.05, 3.63) is 23.4 Å². The summed E-state index contributed by atoms with van der Waals surface area (Å²) in [6, 6.07) is 3.84. The molecule has 0 aromatic carbocycles. The zero-order chi connectivity index (χ0) is 8.97. The van der Waals surface area contributed by atoms with Crippen molar-refractivity contribution in [2.45, 2.75) is 13.0 Å². The Bertz CT molecular complexity index is 235. The fourth-order valence-corrected chi connectivity index (χ4v) is 0.941. The number of hydrogen-bond donors (Lipinski definition) is 1. The van der Waals surface area contributed by atoms with E-state index in [-0.39, 0.29) is 6.04 Å². The summed E-state index contributed by atoms with van der Waals surface area (Å²) in [4.78, 5) is 4.06. The van der Waals surface area contributed by atoms with Crippen molar-refractivity contribution < 1.29 is 0 Å². The van der Waals surface area contributed by atoms with Gasteiger partial charge in [0.15, 0.2) is 0 Å². The van der Waals surface area contributed by atoms with Crippen LogP contribution in [0.2, 0.25) is 5.02 Å². The fraction of sp³-hybridized carbons (Fsp3) is 0.375. The lowest BCUT2D eigenvalue weighted by Gasteiger charge is -2.10. The molecule has 1 aromatic heterocycles. The fourth-order valence-electron chi connectivity index (χ4n) is 0.752. The SMILES string of the molecule is CC(CCl)Nc1ccc(Cl)cn1. The Morgan fingerprint density at radius 2 is 2.33 bits per heavy atom. The number of alkyl halides is 1. The molecular formula is C8H10Cl2N2. The van der Waals surface area contributed by atoms with Gasteiger partial charge in [0.1, 0.15) is 5.82 Å². The van der Waals surface area contributed by atoms with Crippen LogP contribution < -0.4 is 5.32 Å². The highest BCUT2D eigenvalue weighted by Gasteiger charge is 1.99. The average Bonchev–Trinajstić information content (AvgIpc) is 2.09. The van der Waals surface area contributed by atoms with Gasteiger partial charge in [-0.2, -0.15) is 0 Å². The second kappa shape index (κ2) is 4.53. The van der Waals surface area contributed by atoms with Gasteiger partial charge in [0.25, 0.3) is 0 Å². The lowest BCUT2D eigenvalue weighted by atomic mass is 10.4. The molecule has 12 heavy (non-hydrogen) atoms. The van der Waals surface area contributed by atoms with Gasteiger partial charge in [0.2, 0.25) is 0 Å². The molecule has 0 aliphatic carbocycles. The molecule has 0 fully saturated rings. The molecule has 0 spiro atoms. The third kappa shape index (κ3) is 2.88. The van der Waals surface area contributed by atoms with E-state index in [1.54, 1.807) is 12.3 Å². The van der Waals surface area contributed by atoms with Crippen molar-refractivity contribution >= 4 is 29.0 Å². The topological polar surface area (TPSA) is 24.9 Å². The first-order valence-electron chi connectivity index (χ1n) is 3.66. The Hall–Kier alpha value is -0.470. The van der Waals surface area contributed by atoms with Crippen molar-refractivity contribution in [3.63, 3.8) is 0 Å². The molecular weight excluding hydrogens is 195 g/mol. The molecule has 0 bridgehead atoms. The van der Waals surface area contributed by atoms with Gasteiger partial charge in [-0.15, -0.1) is 11.6 Å². The van der Waals surface area contributed by atoms with Crippen molar-refractivity contribution in [3.8, 4) is 0 Å². The van der Waals surface area contributed by atoms with Crippen LogP contribution in [-0.2, 0) is 0 Å². The maximum Gasteiger partial charge on any atom is 0.126 e. The van der Waals surface area contributed by atoms with Gasteiger partial charge < -0.3 is 5.32 Å². The molecule has 1 atom stereocenters. The van der Waals surface area contributed by atoms with Crippen LogP contribution >= 0.6 is 23.2 Å². The van der Waals surface area contributed by atoms with Crippen LogP contribution in [0, 0.1) is 0 Å². The van der Waals surface area contributed by atoms with Crippen LogP contribution in [0.4, 0.5) is 5.82 Å². The molecule has 0 aliphatic heterocycles. The van der Waals surface area contributed by atoms with E-state index in [0.717, 1.165) is 5.82 Å². The summed E-state index contributed by atoms with van der Waals surface area (Å²) in [6.45, 7) is 1.99. The van der Waals surface area contributed by atoms with E-state index >= 15 is 0 Å². The molecule has 1 heterocycles. The third-order valence-corrected chi connectivity index (χ3v) is 2.04. The van der Waals surface area contributed by atoms with E-state index in [1.165, 1.54) is 0 Å². The highest BCUT2D eigenvalue weighted by atomic mass is 35.5. The summed E-state index contributed by atoms with van der Waals surface area (Å²) >= 11 is 11.3. The predicted molar refractivity (Wildman–Crippen MR) is 53.1 cm³/mol. The van der Waals surface area contributed by atoms with Crippen LogP contribution in [0.15, 0.2) is 18.3 Å². The first-order chi connectivity index (χ1) is 5.72. The number of anilines is 1. The average molecular weight is 205 g/mol. The lowest BCUT2D eigenvalue weighted by molar-refractivity contribution is 0.897. The van der Waals surface area contributed by atoms with Gasteiger partial charge in [-0.1, -0.05) is 11.6 Å². The van der Waals surface area contributed by atoms with Gasteiger partial charge in [-0.05, 0) is 19.1 Å². The molecule has 0 aliphatic rings. The van der Waals surface area contributed by atoms with E-state index in [2.05, 4.69) is 10.3 Å². The molecule has 66 valence electrons. The quantitative estimate of drug-likeness (QED) is 0.767. The Morgan fingerprint density at radius 3 is 2.83 bits per heavy atom. The van der Waals surface area contributed by atoms with E-state index in [4.69, 9.17) is 23.2 Å². The second-order valence-electron chi connectivity index (χ2n) is 2.56. The number of hydrogen-bond acceptors (Lipinski definition) is 2. The Balaban J connectivity index is 2.58. The standard InChI is InChI=1S/C8H10Cl2N2/c1-6(4-9)12-8-3-2-7(10)5-11-8/h2-3,5-6H,4H2,1H3,(H,11,12). The normalized spacial score (nSPS) is 12.6. The minimum absolute atomic E-state index is 0.223. The molecule has 2 nitrogen and oxygen atoms in total. The maximum absolute atomic E-state index is 5.67. The van der Waals surface area contributed by atoms with Crippen molar-refractivity contribution in [2.24, 2.45) is 0 Å². The number of nitrogens with zero attached hydrogens (tertiary/aromatic N) is 1. The highest BCUT2D eigenvalue weighted by molar-refractivity contribution is 6.30. The summed E-state index contributed by atoms with van der Waals surface area (Å²) in [6.07, 6.45) is 1.60. The monoisotopic (exact) mass is 204 g/mol. The van der Waals surface area contributed by atoms with Gasteiger partial charge in [0.05, 0.1) is 5.02 Å². The number of rotatable bonds is 3. The summed E-state index contributed by atoms with van der Waals surface area (Å²) in [5.41, 5.74) is 0. The van der Waals surface area contributed by atoms with Crippen LogP contribution in [0.25, 0.3) is 0 Å². The Morgan fingerprint density at radius 1 is 1.58 bits per heavy atom. The summed E-state index contributed by atoms with van der Waals surface area (Å²) in [5.74, 6) is 1.36. The molecule has 0 saturated carbocycles. The number of pyridine rings is 1. The van der Waals surface area contributed by atoms with Crippen LogP contribution in [-0.4, -0.2) is 16.9 Å². The molecule has 4 heteroatoms. The van der Waals surface area contributed by atoms with Crippen molar-refractivity contribution in [1.29, 1.82) is 0 Å². The molecule has 0 radical (unpaired) electrons. The van der Waals surface area contributed by atoms with E-state index in [1.807, 2.05) is 13.0 Å². The van der Waals surface area contributed by atoms with Gasteiger partial charge >= 0.3 is 0 Å². The van der Waals surface area contributed by atoms with E-state index < -0.39 is 0 Å². The van der Waals surface area contributed by atoms with Gasteiger partial charge in [-0.25, -0.2) is 4.98 Å². The first kappa shape index (κ1) is 9.62. The van der Waals surface area contributed by atoms with Gasteiger partial charge in [0, 0.05) is 18.1 Å². The summed E-state index contributed by atoms with van der Waals surface area (Å²) < 4.78 is 0. The molecule has 1 N–H and O–H groups in total. The Kier molecular flexibility index (Phi) is 3.63. The highest BCUT2D eigenvalue weighted by Crippen LogP contribution is 2.10. The number of nitrogens with one attached hydrogen (secondary N) is 1. The molecule has 1 aromatic rings. The largest absolute Gasteiger partial charge is 0.366 e. The van der Waals surface area contributed by atoms with Gasteiger partial charge in [-0.3, -0.25) is 0 Å². The molecule has 0 amide bonds. The minimum Gasteiger partial charge on any atom is -0.366 e. The molecule has 1 rings (SSSR count). The second-order valence-corrected chi connectivity index (χ2v) is 3.31. The third-order valence-electron chi connectivity index (χ3n) is 1.35. The predicted octanol–water partition coefficient (Wildman–Crippen LogP) is 2.77. The van der Waals surface area contributed by atoms with Crippen molar-refractivity contribution in [1.82, 2.24) is 4.98 Å². The van der Waals surface area contributed by atoms with Crippen LogP contribution in [0.3, 0.4) is 0 Å². The Labute approximate surface area is 81.9 Å². The molecule has 1 unspecified atom stereocenters. The number of aromatic nitrogens is 1. The lowest BCUT2D eigenvalue weighted by Crippen LogP contribution is -2.17. The zero-order valence-electron chi connectivity index (χ0n) is 6.72. The van der Waals surface area contributed by atoms with Crippen LogP contribution in [0.5, 0.6) is 0 Å².